The summed E-state index contributed by atoms with van der Waals surface area (Å²) in [5.74, 6) is -1.72. The lowest BCUT2D eigenvalue weighted by molar-refractivity contribution is -0.147. The smallest absolute Gasteiger partial charge is 0.303 e. The number of carbonyl (C=O) groups is 1. The topological polar surface area (TPSA) is 64.3 Å². The predicted octanol–water partition coefficient (Wildman–Crippen LogP) is 5.90. The Balaban J connectivity index is 1.83. The number of halogens is 2. The van der Waals surface area contributed by atoms with Gasteiger partial charge in [-0.3, -0.25) is 4.79 Å². The lowest BCUT2D eigenvalue weighted by Gasteiger charge is -2.41. The highest BCUT2D eigenvalue weighted by molar-refractivity contribution is 5.66. The Kier molecular flexibility index (Phi) is 9.05. The average molecular weight is 487 g/mol. The number of esters is 1. The van der Waals surface area contributed by atoms with Crippen molar-refractivity contribution >= 4 is 5.97 Å². The Bertz CT molecular complexity index is 982. The quantitative estimate of drug-likeness (QED) is 0.410. The van der Waals surface area contributed by atoms with Gasteiger partial charge in [-0.1, -0.05) is 64.3 Å². The summed E-state index contributed by atoms with van der Waals surface area (Å²) in [6.07, 6.45) is 6.00. The molecule has 3 rings (SSSR count). The minimum atomic E-state index is -0.648. The summed E-state index contributed by atoms with van der Waals surface area (Å²) < 4.78 is 33.0. The predicted molar refractivity (Wildman–Crippen MR) is 136 cm³/mol. The molecule has 4 nitrogen and oxygen atoms in total. The van der Waals surface area contributed by atoms with Crippen LogP contribution in [0.25, 0.3) is 0 Å². The third kappa shape index (κ3) is 7.11. The van der Waals surface area contributed by atoms with Crippen LogP contribution in [-0.4, -0.2) is 24.7 Å². The van der Waals surface area contributed by atoms with Crippen LogP contribution in [0.5, 0.6) is 0 Å². The molecule has 0 spiro atoms. The maximum absolute atomic E-state index is 13.7. The van der Waals surface area contributed by atoms with E-state index in [2.05, 4.69) is 50.4 Å². The summed E-state index contributed by atoms with van der Waals surface area (Å²) in [6.45, 7) is 8.45. The molecule has 1 aliphatic carbocycles. The summed E-state index contributed by atoms with van der Waals surface area (Å²) in [5.41, 5.74) is 9.27. The largest absolute Gasteiger partial charge is 0.460 e. The van der Waals surface area contributed by atoms with E-state index in [0.29, 0.717) is 12.1 Å². The number of hydrogen-bond acceptors (Lipinski definition) is 4. The lowest BCUT2D eigenvalue weighted by Crippen LogP contribution is -2.52. The first-order chi connectivity index (χ1) is 16.5. The van der Waals surface area contributed by atoms with Crippen LogP contribution in [0.15, 0.2) is 42.5 Å². The average Bonchev–Trinajstić information content (AvgIpc) is 2.81. The molecule has 0 bridgehead atoms. The van der Waals surface area contributed by atoms with E-state index in [1.807, 2.05) is 0 Å². The fourth-order valence-electron chi connectivity index (χ4n) is 5.09. The van der Waals surface area contributed by atoms with Gasteiger partial charge in [-0.2, -0.15) is 0 Å². The molecular weight excluding hydrogens is 446 g/mol. The zero-order valence-electron chi connectivity index (χ0n) is 21.5. The van der Waals surface area contributed by atoms with E-state index < -0.39 is 29.7 Å². The van der Waals surface area contributed by atoms with E-state index in [1.54, 1.807) is 0 Å². The molecule has 6 heteroatoms. The fourth-order valence-corrected chi connectivity index (χ4v) is 5.09. The normalized spacial score (nSPS) is 17.6. The molecular formula is C29H40F2N2O2. The van der Waals surface area contributed by atoms with Gasteiger partial charge in [0.1, 0.15) is 17.7 Å². The van der Waals surface area contributed by atoms with E-state index in [4.69, 9.17) is 10.5 Å². The highest BCUT2D eigenvalue weighted by Gasteiger charge is 2.36. The maximum atomic E-state index is 13.7. The molecule has 2 aromatic carbocycles. The third-order valence-electron chi connectivity index (χ3n) is 7.62. The van der Waals surface area contributed by atoms with Gasteiger partial charge in [0.05, 0.1) is 0 Å². The van der Waals surface area contributed by atoms with Crippen molar-refractivity contribution in [2.75, 3.05) is 6.54 Å². The third-order valence-corrected chi connectivity index (χ3v) is 7.62. The van der Waals surface area contributed by atoms with Crippen LogP contribution in [0.3, 0.4) is 0 Å². The van der Waals surface area contributed by atoms with Gasteiger partial charge < -0.3 is 15.8 Å². The van der Waals surface area contributed by atoms with Gasteiger partial charge >= 0.3 is 5.97 Å². The van der Waals surface area contributed by atoms with E-state index in [0.717, 1.165) is 38.2 Å². The Hall–Kier alpha value is -2.31. The van der Waals surface area contributed by atoms with Crippen LogP contribution >= 0.6 is 0 Å². The monoisotopic (exact) mass is 486 g/mol. The Morgan fingerprint density at radius 3 is 2.37 bits per heavy atom. The van der Waals surface area contributed by atoms with E-state index in [-0.39, 0.29) is 17.4 Å². The standard InChI is InChI=1S/C29H40F2N2O2/c1-5-28(3,4)22-10-9-11-23(17-22)29(12-7-6-8-13-29)33-19-27(35-20(2)34)26(32)16-21-14-24(30)18-25(31)15-21/h9-11,14-15,17-18,26-27,33H,5-8,12-13,16,19,32H2,1-4H3. The molecule has 1 saturated carbocycles. The molecule has 0 radical (unpaired) electrons. The van der Waals surface area contributed by atoms with Gasteiger partial charge in [0.15, 0.2) is 0 Å². The van der Waals surface area contributed by atoms with Crippen LogP contribution in [0, 0.1) is 11.6 Å². The van der Waals surface area contributed by atoms with Crippen molar-refractivity contribution in [3.63, 3.8) is 0 Å². The molecule has 35 heavy (non-hydrogen) atoms. The van der Waals surface area contributed by atoms with Gasteiger partial charge in [-0.25, -0.2) is 8.78 Å². The van der Waals surface area contributed by atoms with E-state index in [9.17, 15) is 13.6 Å². The number of ether oxygens (including phenoxy) is 1. The van der Waals surface area contributed by atoms with Gasteiger partial charge in [-0.05, 0) is 59.9 Å². The first kappa shape index (κ1) is 27.3. The number of hydrogen-bond donors (Lipinski definition) is 2. The van der Waals surface area contributed by atoms with Crippen molar-refractivity contribution < 1.29 is 18.3 Å². The molecule has 0 aromatic heterocycles. The Morgan fingerprint density at radius 2 is 1.77 bits per heavy atom. The molecule has 0 heterocycles. The van der Waals surface area contributed by atoms with Crippen LogP contribution in [0.1, 0.15) is 82.9 Å². The molecule has 0 amide bonds. The number of benzene rings is 2. The van der Waals surface area contributed by atoms with Gasteiger partial charge in [0, 0.05) is 31.1 Å². The van der Waals surface area contributed by atoms with Gasteiger partial charge in [0.25, 0.3) is 0 Å². The summed E-state index contributed by atoms with van der Waals surface area (Å²) in [4.78, 5) is 11.9. The number of carbonyl (C=O) groups excluding carboxylic acids is 1. The number of nitrogens with one attached hydrogen (secondary N) is 1. The first-order valence-corrected chi connectivity index (χ1v) is 12.8. The molecule has 2 unspecified atom stereocenters. The molecule has 1 aliphatic rings. The zero-order valence-corrected chi connectivity index (χ0v) is 21.5. The van der Waals surface area contributed by atoms with Crippen molar-refractivity contribution in [2.45, 2.75) is 95.7 Å². The molecule has 3 N–H and O–H groups in total. The minimum absolute atomic E-state index is 0.0781. The molecule has 2 atom stereocenters. The lowest BCUT2D eigenvalue weighted by atomic mass is 9.74. The van der Waals surface area contributed by atoms with Crippen molar-refractivity contribution in [3.8, 4) is 0 Å². The van der Waals surface area contributed by atoms with Crippen molar-refractivity contribution in [3.05, 3.63) is 70.8 Å². The Morgan fingerprint density at radius 1 is 1.11 bits per heavy atom. The second kappa shape index (κ2) is 11.6. The van der Waals surface area contributed by atoms with Crippen LogP contribution in [0.4, 0.5) is 8.78 Å². The maximum Gasteiger partial charge on any atom is 0.303 e. The van der Waals surface area contributed by atoms with Crippen LogP contribution in [0.2, 0.25) is 0 Å². The number of rotatable bonds is 10. The fraction of sp³-hybridized carbons (Fsp3) is 0.552. The van der Waals surface area contributed by atoms with E-state index in [1.165, 1.54) is 36.6 Å². The Labute approximate surface area is 208 Å². The second-order valence-corrected chi connectivity index (χ2v) is 10.6. The van der Waals surface area contributed by atoms with Gasteiger partial charge in [-0.15, -0.1) is 0 Å². The summed E-state index contributed by atoms with van der Waals surface area (Å²) in [6, 6.07) is 11.6. The van der Waals surface area contributed by atoms with Crippen molar-refractivity contribution in [1.82, 2.24) is 5.32 Å². The summed E-state index contributed by atoms with van der Waals surface area (Å²) in [5, 5.41) is 3.74. The first-order valence-electron chi connectivity index (χ1n) is 12.8. The highest BCUT2D eigenvalue weighted by Crippen LogP contribution is 2.39. The SMILES string of the molecule is CCC(C)(C)c1cccc(C2(NCC(OC(C)=O)C(N)Cc3cc(F)cc(F)c3)CCCCC2)c1. The minimum Gasteiger partial charge on any atom is -0.460 e. The summed E-state index contributed by atoms with van der Waals surface area (Å²) in [7, 11) is 0. The molecule has 0 saturated heterocycles. The van der Waals surface area contributed by atoms with Gasteiger partial charge in [0.2, 0.25) is 0 Å². The summed E-state index contributed by atoms with van der Waals surface area (Å²) >= 11 is 0. The molecule has 1 fully saturated rings. The number of nitrogens with two attached hydrogens (primary N) is 1. The van der Waals surface area contributed by atoms with Crippen LogP contribution in [-0.2, 0) is 26.9 Å². The van der Waals surface area contributed by atoms with Crippen molar-refractivity contribution in [1.29, 1.82) is 0 Å². The molecule has 0 aliphatic heterocycles. The highest BCUT2D eigenvalue weighted by atomic mass is 19.1. The molecule has 2 aromatic rings. The zero-order chi connectivity index (χ0) is 25.6. The molecule has 192 valence electrons. The van der Waals surface area contributed by atoms with E-state index >= 15 is 0 Å². The van der Waals surface area contributed by atoms with Crippen LogP contribution < -0.4 is 11.1 Å². The second-order valence-electron chi connectivity index (χ2n) is 10.6. The van der Waals surface area contributed by atoms with Crippen molar-refractivity contribution in [2.24, 2.45) is 5.73 Å².